The Morgan fingerprint density at radius 3 is 2.15 bits per heavy atom. The zero-order valence-electron chi connectivity index (χ0n) is 22.0. The smallest absolute Gasteiger partial charge is 0.253 e. The van der Waals surface area contributed by atoms with Gasteiger partial charge in [-0.25, -0.2) is 9.67 Å². The fourth-order valence-electron chi connectivity index (χ4n) is 4.66. The molecule has 1 saturated heterocycles. The summed E-state index contributed by atoms with van der Waals surface area (Å²) in [6, 6.07) is 13.2. The Kier molecular flexibility index (Phi) is 6.23. The van der Waals surface area contributed by atoms with Crippen LogP contribution in [0.4, 0.5) is 5.82 Å². The van der Waals surface area contributed by atoms with Gasteiger partial charge in [-0.1, -0.05) is 29.8 Å². The summed E-state index contributed by atoms with van der Waals surface area (Å²) in [5.41, 5.74) is 3.90. The number of hydrogen-bond donors (Lipinski definition) is 0. The van der Waals surface area contributed by atoms with E-state index < -0.39 is 21.5 Å². The standard InChI is InChI=1S/C25H14B8N6O2/c1-13-4-2-5-14(8-13)16-11-35-38(12-16)21-36-17-9-18(15-6-3-7-34-10-15)40-19(17)20(37-21)39-22(26,27)24(30,31)41-25(32,33)23(39,28)29/h2-12H,1H3. The van der Waals surface area contributed by atoms with Crippen LogP contribution >= 0.6 is 0 Å². The van der Waals surface area contributed by atoms with Crippen LogP contribution in [0.1, 0.15) is 5.56 Å². The minimum atomic E-state index is -2.36. The summed E-state index contributed by atoms with van der Waals surface area (Å²) >= 11 is 0. The second-order valence-electron chi connectivity index (χ2n) is 10.1. The lowest BCUT2D eigenvalue weighted by molar-refractivity contribution is -0.0256. The summed E-state index contributed by atoms with van der Waals surface area (Å²) in [4.78, 5) is 14.4. The fourth-order valence-corrected chi connectivity index (χ4v) is 4.66. The van der Waals surface area contributed by atoms with Crippen LogP contribution in [0.15, 0.2) is 71.7 Å². The third-order valence-electron chi connectivity index (χ3n) is 6.97. The number of furan rings is 1. The van der Waals surface area contributed by atoms with Crippen LogP contribution in [0.5, 0.6) is 0 Å². The van der Waals surface area contributed by atoms with Crippen LogP contribution in [-0.2, 0) is 4.74 Å². The maximum absolute atomic E-state index is 6.44. The van der Waals surface area contributed by atoms with E-state index in [1.165, 1.54) is 4.68 Å². The number of morpholine rings is 1. The highest BCUT2D eigenvalue weighted by atomic mass is 16.5. The monoisotopic (exact) mass is 518 g/mol. The van der Waals surface area contributed by atoms with Crippen LogP contribution in [-0.4, -0.2) is 109 Å². The molecule has 0 atom stereocenters. The van der Waals surface area contributed by atoms with Crippen LogP contribution in [0.3, 0.4) is 0 Å². The lowest BCUT2D eigenvalue weighted by Crippen LogP contribution is -2.86. The van der Waals surface area contributed by atoms with E-state index in [1.807, 2.05) is 31.2 Å². The number of hydrogen-bond acceptors (Lipinski definition) is 7. The molecule has 41 heavy (non-hydrogen) atoms. The molecule has 0 unspecified atom stereocenters. The van der Waals surface area contributed by atoms with Crippen molar-refractivity contribution in [3.05, 3.63) is 72.8 Å². The highest BCUT2D eigenvalue weighted by Gasteiger charge is 2.58. The number of pyridine rings is 1. The molecule has 1 aromatic carbocycles. The molecule has 0 bridgehead atoms. The van der Waals surface area contributed by atoms with Crippen molar-refractivity contribution < 1.29 is 9.15 Å². The number of aryl methyl sites for hydroxylation is 1. The summed E-state index contributed by atoms with van der Waals surface area (Å²) in [5.74, 6) is 0.363. The highest BCUT2D eigenvalue weighted by molar-refractivity contribution is 6.61. The lowest BCUT2D eigenvalue weighted by Gasteiger charge is -2.70. The van der Waals surface area contributed by atoms with E-state index in [-0.39, 0.29) is 17.3 Å². The Balaban J connectivity index is 1.60. The molecule has 8 nitrogen and oxygen atoms in total. The lowest BCUT2D eigenvalue weighted by atomic mass is 9.30. The van der Waals surface area contributed by atoms with E-state index in [2.05, 4.69) is 20.1 Å². The van der Waals surface area contributed by atoms with Gasteiger partial charge < -0.3 is 14.1 Å². The molecule has 0 aliphatic carbocycles. The van der Waals surface area contributed by atoms with Gasteiger partial charge in [0.15, 0.2) is 11.4 Å². The maximum Gasteiger partial charge on any atom is 0.253 e. The Hall–Kier alpha value is -3.52. The summed E-state index contributed by atoms with van der Waals surface area (Å²) in [5, 5.41) is -4.91. The molecule has 6 rings (SSSR count). The third kappa shape index (κ3) is 4.38. The Morgan fingerprint density at radius 2 is 1.49 bits per heavy atom. The second kappa shape index (κ2) is 9.24. The average molecular weight is 517 g/mol. The summed E-state index contributed by atoms with van der Waals surface area (Å²) in [6.07, 6.45) is 6.67. The van der Waals surface area contributed by atoms with E-state index in [9.17, 15) is 0 Å². The molecule has 5 aromatic rings. The van der Waals surface area contributed by atoms with E-state index in [0.29, 0.717) is 16.8 Å². The highest BCUT2D eigenvalue weighted by Crippen LogP contribution is 2.45. The maximum atomic E-state index is 6.44. The molecule has 1 fully saturated rings. The molecule has 4 aromatic heterocycles. The van der Waals surface area contributed by atoms with Gasteiger partial charge in [0.05, 0.1) is 37.6 Å². The van der Waals surface area contributed by atoms with Gasteiger partial charge in [0.2, 0.25) is 0 Å². The van der Waals surface area contributed by atoms with Crippen molar-refractivity contribution in [1.29, 1.82) is 0 Å². The first-order valence-electron chi connectivity index (χ1n) is 12.4. The summed E-state index contributed by atoms with van der Waals surface area (Å²) < 4.78 is 13.0. The largest absolute Gasteiger partial charge is 0.450 e. The van der Waals surface area contributed by atoms with Gasteiger partial charge in [0.25, 0.3) is 5.95 Å². The molecule has 0 spiro atoms. The van der Waals surface area contributed by atoms with Crippen molar-refractivity contribution in [1.82, 2.24) is 24.7 Å². The number of fused-ring (bicyclic) bond motifs is 1. The molecule has 0 amide bonds. The van der Waals surface area contributed by atoms with Gasteiger partial charge in [0, 0.05) is 35.8 Å². The minimum Gasteiger partial charge on any atom is -0.450 e. The molecule has 0 saturated carbocycles. The molecule has 0 N–H and O–H groups in total. The van der Waals surface area contributed by atoms with E-state index in [1.54, 1.807) is 43.0 Å². The number of nitrogens with zero attached hydrogens (tertiary/aromatic N) is 6. The normalized spacial score (nSPS) is 18.8. The van der Waals surface area contributed by atoms with Gasteiger partial charge in [-0.2, -0.15) is 10.1 Å². The molecular weight excluding hydrogens is 503 g/mol. The molecular formula is C25H14B8N6O2. The van der Waals surface area contributed by atoms with Crippen molar-refractivity contribution in [2.45, 2.75) is 28.4 Å². The second-order valence-corrected chi connectivity index (χ2v) is 10.1. The van der Waals surface area contributed by atoms with Crippen molar-refractivity contribution in [2.75, 3.05) is 4.90 Å². The van der Waals surface area contributed by atoms with Crippen molar-refractivity contribution in [3.63, 3.8) is 0 Å². The summed E-state index contributed by atoms with van der Waals surface area (Å²) in [6.45, 7) is 2.00. The van der Waals surface area contributed by atoms with E-state index in [0.717, 1.165) is 21.6 Å². The Labute approximate surface area is 247 Å². The van der Waals surface area contributed by atoms with Gasteiger partial charge >= 0.3 is 0 Å². The molecule has 16 radical (unpaired) electrons. The molecule has 5 heterocycles. The van der Waals surface area contributed by atoms with Crippen LogP contribution in [0, 0.1) is 6.92 Å². The third-order valence-corrected chi connectivity index (χ3v) is 6.97. The van der Waals surface area contributed by atoms with Crippen LogP contribution in [0.25, 0.3) is 39.5 Å². The zero-order valence-corrected chi connectivity index (χ0v) is 22.0. The molecule has 180 valence electrons. The quantitative estimate of drug-likeness (QED) is 0.317. The predicted octanol–water partition coefficient (Wildman–Crippen LogP) is 0.246. The fraction of sp³-hybridized carbons (Fsp3) is 0.200. The minimum absolute atomic E-state index is 0.0766. The first kappa shape index (κ1) is 27.6. The number of ether oxygens (including phenoxy) is 1. The first-order valence-corrected chi connectivity index (χ1v) is 12.4. The SMILES string of the molecule is [B]C1([B])OC([B])([B])C([B])([B])N(c2nc(-n3cc(-c4cccc(C)c4)cn3)nc3cc(-c4cccnc4)oc23)C1([B])[B]. The summed E-state index contributed by atoms with van der Waals surface area (Å²) in [7, 11) is 50.3. The van der Waals surface area contributed by atoms with Gasteiger partial charge in [-0.3, -0.25) is 4.98 Å². The average Bonchev–Trinajstić information content (AvgIpc) is 3.56. The van der Waals surface area contributed by atoms with E-state index in [4.69, 9.17) is 71.9 Å². The van der Waals surface area contributed by atoms with Crippen molar-refractivity contribution >= 4 is 79.7 Å². The Bertz CT molecular complexity index is 1750. The first-order chi connectivity index (χ1) is 19.2. The van der Waals surface area contributed by atoms with Gasteiger partial charge in [0.1, 0.15) is 42.7 Å². The molecule has 16 heteroatoms. The molecule has 1 aliphatic heterocycles. The Morgan fingerprint density at radius 1 is 0.780 bits per heavy atom. The number of rotatable bonds is 4. The van der Waals surface area contributed by atoms with Gasteiger partial charge in [-0.05, 0) is 46.1 Å². The number of benzene rings is 1. The van der Waals surface area contributed by atoms with Crippen molar-refractivity contribution in [2.24, 2.45) is 0 Å². The van der Waals surface area contributed by atoms with Crippen LogP contribution in [0.2, 0.25) is 0 Å². The number of aromatic nitrogens is 5. The van der Waals surface area contributed by atoms with Crippen molar-refractivity contribution in [3.8, 4) is 28.4 Å². The molecule has 1 aliphatic rings. The van der Waals surface area contributed by atoms with E-state index >= 15 is 0 Å². The van der Waals surface area contributed by atoms with Crippen LogP contribution < -0.4 is 4.90 Å². The predicted molar refractivity (Wildman–Crippen MR) is 163 cm³/mol. The van der Waals surface area contributed by atoms with Gasteiger partial charge in [-0.15, -0.1) is 0 Å². The number of anilines is 1. The zero-order chi connectivity index (χ0) is 29.4. The topological polar surface area (TPSA) is 82.1 Å².